The Morgan fingerprint density at radius 2 is 1.94 bits per heavy atom. The van der Waals surface area contributed by atoms with Gasteiger partial charge in [0, 0.05) is 11.7 Å². The van der Waals surface area contributed by atoms with Crippen LogP contribution in [0.15, 0.2) is 11.6 Å². The average molecular weight is 276 g/mol. The Morgan fingerprint density at radius 1 is 1.39 bits per heavy atom. The largest absolute Gasteiger partial charge is 0.478 e. The molecule has 1 fully saturated rings. The van der Waals surface area contributed by atoms with Crippen molar-refractivity contribution in [2.45, 2.75) is 36.1 Å². The molecular weight excluding hydrogens is 260 g/mol. The highest BCUT2D eigenvalue weighted by Crippen LogP contribution is 2.40. The van der Waals surface area contributed by atoms with Crippen molar-refractivity contribution in [2.75, 3.05) is 13.2 Å². The molecule has 2 aliphatic rings. The summed E-state index contributed by atoms with van der Waals surface area (Å²) < 4.78 is 11.1. The van der Waals surface area contributed by atoms with E-state index in [9.17, 15) is 4.79 Å². The maximum absolute atomic E-state index is 11.1. The molecule has 0 aromatic heterocycles. The van der Waals surface area contributed by atoms with Gasteiger partial charge in [0.15, 0.2) is 5.79 Å². The first-order valence-electron chi connectivity index (χ1n) is 5.73. The topological polar surface area (TPSA) is 96.2 Å². The molecular formula is C11H16O6S. The van der Waals surface area contributed by atoms with Gasteiger partial charge in [-0.05, 0) is 12.5 Å². The molecule has 0 aromatic rings. The van der Waals surface area contributed by atoms with E-state index in [0.29, 0.717) is 12.8 Å². The van der Waals surface area contributed by atoms with E-state index in [-0.39, 0.29) is 24.0 Å². The van der Waals surface area contributed by atoms with Crippen molar-refractivity contribution in [3.63, 3.8) is 0 Å². The number of hydrogen-bond donors (Lipinski definition) is 4. The third-order valence-electron chi connectivity index (χ3n) is 3.22. The summed E-state index contributed by atoms with van der Waals surface area (Å²) in [5, 5.41) is 27.0. The fourth-order valence-corrected chi connectivity index (χ4v) is 2.60. The Labute approximate surface area is 110 Å². The van der Waals surface area contributed by atoms with Crippen LogP contribution in [0.4, 0.5) is 0 Å². The molecule has 1 aliphatic heterocycles. The second-order valence-electron chi connectivity index (χ2n) is 4.45. The lowest BCUT2D eigenvalue weighted by molar-refractivity contribution is -0.153. The molecule has 6 nitrogen and oxygen atoms in total. The zero-order valence-corrected chi connectivity index (χ0v) is 10.5. The lowest BCUT2D eigenvalue weighted by Crippen LogP contribution is -2.36. The van der Waals surface area contributed by atoms with Gasteiger partial charge in [0.05, 0.1) is 18.8 Å². The second kappa shape index (κ2) is 5.18. The normalized spacial score (nSPS) is 34.6. The van der Waals surface area contributed by atoms with Crippen LogP contribution in [-0.4, -0.2) is 57.7 Å². The molecule has 1 heterocycles. The molecule has 0 radical (unpaired) electrons. The zero-order chi connectivity index (χ0) is 13.3. The minimum atomic E-state index is -1.16. The number of aliphatic hydroxyl groups excluding tert-OH is 2. The monoisotopic (exact) mass is 276 g/mol. The number of rotatable bonds is 3. The number of hydrogen-bond acceptors (Lipinski definition) is 6. The summed E-state index contributed by atoms with van der Waals surface area (Å²) in [6, 6.07) is 0. The van der Waals surface area contributed by atoms with Gasteiger partial charge in [0.25, 0.3) is 0 Å². The van der Waals surface area contributed by atoms with Crippen molar-refractivity contribution in [3.05, 3.63) is 11.6 Å². The van der Waals surface area contributed by atoms with Crippen molar-refractivity contribution >= 4 is 18.6 Å². The highest BCUT2D eigenvalue weighted by molar-refractivity contribution is 7.81. The van der Waals surface area contributed by atoms with Gasteiger partial charge in [-0.15, -0.1) is 0 Å². The van der Waals surface area contributed by atoms with Crippen LogP contribution >= 0.6 is 12.6 Å². The van der Waals surface area contributed by atoms with E-state index in [1.54, 1.807) is 0 Å². The van der Waals surface area contributed by atoms with E-state index in [2.05, 4.69) is 12.6 Å². The van der Waals surface area contributed by atoms with Gasteiger partial charge in [-0.3, -0.25) is 0 Å². The summed E-state index contributed by atoms with van der Waals surface area (Å²) in [4.78, 5) is 11.1. The summed E-state index contributed by atoms with van der Waals surface area (Å²) >= 11 is 4.20. The van der Waals surface area contributed by atoms with Gasteiger partial charge >= 0.3 is 5.97 Å². The average Bonchev–Trinajstić information content (AvgIpc) is 2.70. The van der Waals surface area contributed by atoms with Gasteiger partial charge < -0.3 is 24.8 Å². The van der Waals surface area contributed by atoms with Crippen LogP contribution in [0.1, 0.15) is 12.8 Å². The number of aliphatic hydroxyl groups is 2. The fourth-order valence-electron chi connectivity index (χ4n) is 2.29. The molecule has 102 valence electrons. The summed E-state index contributed by atoms with van der Waals surface area (Å²) in [6.07, 6.45) is 1.06. The fraction of sp³-hybridized carbons (Fsp3) is 0.727. The molecule has 3 N–H and O–H groups in total. The van der Waals surface area contributed by atoms with Crippen molar-refractivity contribution in [1.82, 2.24) is 0 Å². The first-order chi connectivity index (χ1) is 8.51. The molecule has 0 saturated carbocycles. The number of ether oxygens (including phenoxy) is 2. The predicted molar refractivity (Wildman–Crippen MR) is 64.4 cm³/mol. The molecule has 1 saturated heterocycles. The minimum Gasteiger partial charge on any atom is -0.478 e. The number of thiol groups is 1. The van der Waals surface area contributed by atoms with E-state index < -0.39 is 24.0 Å². The molecule has 1 spiro atoms. The SMILES string of the molecule is O=C(O)C1=CC2(CC[C@H]1S)O[C@H](CO)[C@@H](CO)O2. The Kier molecular flexibility index (Phi) is 3.98. The van der Waals surface area contributed by atoms with Crippen molar-refractivity contribution < 1.29 is 29.6 Å². The Balaban J connectivity index is 2.25. The molecule has 2 rings (SSSR count). The predicted octanol–water partition coefficient (Wildman–Crippen LogP) is -0.445. The summed E-state index contributed by atoms with van der Waals surface area (Å²) in [7, 11) is 0. The molecule has 0 bridgehead atoms. The van der Waals surface area contributed by atoms with Crippen LogP contribution in [0.25, 0.3) is 0 Å². The van der Waals surface area contributed by atoms with Crippen LogP contribution in [0.5, 0.6) is 0 Å². The first-order valence-corrected chi connectivity index (χ1v) is 6.24. The second-order valence-corrected chi connectivity index (χ2v) is 5.07. The first kappa shape index (κ1) is 13.8. The van der Waals surface area contributed by atoms with E-state index in [1.165, 1.54) is 6.08 Å². The number of aliphatic carboxylic acids is 1. The van der Waals surface area contributed by atoms with Crippen molar-refractivity contribution in [3.8, 4) is 0 Å². The highest BCUT2D eigenvalue weighted by atomic mass is 32.1. The Bertz CT molecular complexity index is 357. The molecule has 1 aliphatic carbocycles. The smallest absolute Gasteiger partial charge is 0.332 e. The molecule has 7 heteroatoms. The molecule has 0 amide bonds. The highest BCUT2D eigenvalue weighted by Gasteiger charge is 2.48. The summed E-state index contributed by atoms with van der Waals surface area (Å²) in [5.41, 5.74) is 0.125. The molecule has 3 atom stereocenters. The third-order valence-corrected chi connectivity index (χ3v) is 3.76. The molecule has 0 aromatic carbocycles. The Morgan fingerprint density at radius 3 is 2.39 bits per heavy atom. The quantitative estimate of drug-likeness (QED) is 0.522. The Hall–Kier alpha value is -0.600. The van der Waals surface area contributed by atoms with Gasteiger partial charge in [0.2, 0.25) is 0 Å². The van der Waals surface area contributed by atoms with E-state index in [1.807, 2.05) is 0 Å². The minimum absolute atomic E-state index is 0.125. The standard InChI is InChI=1S/C11H16O6S/c12-4-7-8(5-13)17-11(16-7)2-1-9(18)6(3-11)10(14)15/h3,7-9,12-13,18H,1-2,4-5H2,(H,14,15)/t7-,8-,9-/m1/s1. The van der Waals surface area contributed by atoms with E-state index in [4.69, 9.17) is 24.8 Å². The van der Waals surface area contributed by atoms with Crippen LogP contribution in [-0.2, 0) is 14.3 Å². The number of carboxylic acid groups (broad SMARTS) is 1. The summed E-state index contributed by atoms with van der Waals surface area (Å²) in [6.45, 7) is -0.568. The van der Waals surface area contributed by atoms with E-state index >= 15 is 0 Å². The van der Waals surface area contributed by atoms with Gasteiger partial charge in [0.1, 0.15) is 12.2 Å². The van der Waals surface area contributed by atoms with Gasteiger partial charge in [-0.25, -0.2) is 4.79 Å². The summed E-state index contributed by atoms with van der Waals surface area (Å²) in [5.74, 6) is -2.22. The van der Waals surface area contributed by atoms with Gasteiger partial charge in [-0.1, -0.05) is 0 Å². The van der Waals surface area contributed by atoms with Crippen LogP contribution < -0.4 is 0 Å². The maximum Gasteiger partial charge on any atom is 0.332 e. The van der Waals surface area contributed by atoms with Crippen LogP contribution in [0.2, 0.25) is 0 Å². The van der Waals surface area contributed by atoms with Crippen molar-refractivity contribution in [1.29, 1.82) is 0 Å². The lowest BCUT2D eigenvalue weighted by Gasteiger charge is -2.31. The number of carbonyl (C=O) groups is 1. The molecule has 18 heavy (non-hydrogen) atoms. The van der Waals surface area contributed by atoms with Crippen LogP contribution in [0, 0.1) is 0 Å². The van der Waals surface area contributed by atoms with Crippen molar-refractivity contribution in [2.24, 2.45) is 0 Å². The number of carboxylic acids is 1. The maximum atomic E-state index is 11.1. The van der Waals surface area contributed by atoms with E-state index in [0.717, 1.165) is 0 Å². The van der Waals surface area contributed by atoms with Gasteiger partial charge in [-0.2, -0.15) is 12.6 Å². The molecule has 0 unspecified atom stereocenters. The zero-order valence-electron chi connectivity index (χ0n) is 9.65. The lowest BCUT2D eigenvalue weighted by atomic mass is 9.94. The van der Waals surface area contributed by atoms with Crippen LogP contribution in [0.3, 0.4) is 0 Å². The third kappa shape index (κ3) is 2.41.